The van der Waals surface area contributed by atoms with Gasteiger partial charge in [-0.3, -0.25) is 4.79 Å². The molecular formula is C19H20N2O3S2. The maximum absolute atomic E-state index is 12.6. The van der Waals surface area contributed by atoms with Crippen LogP contribution in [0.1, 0.15) is 4.88 Å². The topological polar surface area (TPSA) is 66.5 Å². The zero-order valence-corrected chi connectivity index (χ0v) is 15.8. The van der Waals surface area contributed by atoms with E-state index in [2.05, 4.69) is 18.5 Å². The minimum Gasteiger partial charge on any atom is -0.323 e. The maximum Gasteiger partial charge on any atom is 0.248 e. The van der Waals surface area contributed by atoms with Crippen LogP contribution in [-0.4, -0.2) is 31.7 Å². The third-order valence-corrected chi connectivity index (χ3v) is 6.05. The molecule has 1 heterocycles. The second-order valence-electron chi connectivity index (χ2n) is 5.26. The van der Waals surface area contributed by atoms with Crippen molar-refractivity contribution in [3.8, 4) is 0 Å². The van der Waals surface area contributed by atoms with Crippen molar-refractivity contribution in [2.45, 2.75) is 4.90 Å². The highest BCUT2D eigenvalue weighted by Crippen LogP contribution is 2.19. The number of hydrogen-bond donors (Lipinski definition) is 1. The molecule has 1 aromatic heterocycles. The fourth-order valence-corrected chi connectivity index (χ4v) is 4.15. The molecule has 7 heteroatoms. The first-order valence-electron chi connectivity index (χ1n) is 7.82. The van der Waals surface area contributed by atoms with Crippen LogP contribution in [0.15, 0.2) is 78.1 Å². The average Bonchev–Trinajstić information content (AvgIpc) is 3.14. The van der Waals surface area contributed by atoms with Crippen LogP contribution in [0.25, 0.3) is 6.08 Å². The molecule has 2 rings (SSSR count). The molecule has 2 aromatic rings. The van der Waals surface area contributed by atoms with Crippen LogP contribution in [0.3, 0.4) is 0 Å². The van der Waals surface area contributed by atoms with Gasteiger partial charge in [-0.2, -0.15) is 4.31 Å². The van der Waals surface area contributed by atoms with Crippen molar-refractivity contribution >= 4 is 39.0 Å². The van der Waals surface area contributed by atoms with Crippen molar-refractivity contribution in [1.29, 1.82) is 0 Å². The minimum atomic E-state index is -3.64. The molecular weight excluding hydrogens is 368 g/mol. The zero-order valence-electron chi connectivity index (χ0n) is 14.2. The third-order valence-electron chi connectivity index (χ3n) is 3.37. The van der Waals surface area contributed by atoms with Crippen molar-refractivity contribution in [1.82, 2.24) is 4.31 Å². The number of thiophene rings is 1. The summed E-state index contributed by atoms with van der Waals surface area (Å²) >= 11 is 1.53. The van der Waals surface area contributed by atoms with Crippen LogP contribution < -0.4 is 5.32 Å². The van der Waals surface area contributed by atoms with Crippen LogP contribution in [0.5, 0.6) is 0 Å². The Morgan fingerprint density at radius 2 is 1.77 bits per heavy atom. The van der Waals surface area contributed by atoms with Gasteiger partial charge < -0.3 is 5.32 Å². The Labute approximate surface area is 158 Å². The fraction of sp³-hybridized carbons (Fsp3) is 0.105. The SMILES string of the molecule is C=CCN(CC=C)S(=O)(=O)c1ccc(NC(=O)/C=C/c2cccs2)cc1. The van der Waals surface area contributed by atoms with Crippen LogP contribution in [0.2, 0.25) is 0 Å². The number of carbonyl (C=O) groups excluding carboxylic acids is 1. The molecule has 0 fully saturated rings. The molecule has 0 bridgehead atoms. The summed E-state index contributed by atoms with van der Waals surface area (Å²) < 4.78 is 26.5. The summed E-state index contributed by atoms with van der Waals surface area (Å²) in [6, 6.07) is 9.86. The van der Waals surface area contributed by atoms with Gasteiger partial charge in [0.1, 0.15) is 0 Å². The number of rotatable bonds is 9. The van der Waals surface area contributed by atoms with E-state index in [0.717, 1.165) is 4.88 Å². The molecule has 5 nitrogen and oxygen atoms in total. The fourth-order valence-electron chi connectivity index (χ4n) is 2.15. The number of amides is 1. The van der Waals surface area contributed by atoms with E-state index in [1.807, 2.05) is 17.5 Å². The van der Waals surface area contributed by atoms with Gasteiger partial charge in [-0.1, -0.05) is 18.2 Å². The predicted octanol–water partition coefficient (Wildman–Crippen LogP) is 3.76. The van der Waals surface area contributed by atoms with Gasteiger partial charge in [0.05, 0.1) is 4.90 Å². The van der Waals surface area contributed by atoms with Gasteiger partial charge in [0, 0.05) is 29.7 Å². The van der Waals surface area contributed by atoms with E-state index in [9.17, 15) is 13.2 Å². The molecule has 136 valence electrons. The zero-order chi connectivity index (χ0) is 19.0. The molecule has 1 N–H and O–H groups in total. The number of nitrogens with zero attached hydrogens (tertiary/aromatic N) is 1. The first kappa shape index (κ1) is 19.8. The molecule has 1 amide bonds. The van der Waals surface area contributed by atoms with Crippen LogP contribution >= 0.6 is 11.3 Å². The number of nitrogens with one attached hydrogen (secondary N) is 1. The Balaban J connectivity index is 2.08. The van der Waals surface area contributed by atoms with Gasteiger partial charge in [0.25, 0.3) is 0 Å². The van der Waals surface area contributed by atoms with Crippen LogP contribution in [-0.2, 0) is 14.8 Å². The van der Waals surface area contributed by atoms with E-state index in [1.54, 1.807) is 18.2 Å². The summed E-state index contributed by atoms with van der Waals surface area (Å²) in [6.07, 6.45) is 6.21. The summed E-state index contributed by atoms with van der Waals surface area (Å²) in [5, 5.41) is 4.63. The van der Waals surface area contributed by atoms with Gasteiger partial charge in [0.2, 0.25) is 15.9 Å². The van der Waals surface area contributed by atoms with Crippen LogP contribution in [0, 0.1) is 0 Å². The lowest BCUT2D eigenvalue weighted by molar-refractivity contribution is -0.111. The Morgan fingerprint density at radius 1 is 1.12 bits per heavy atom. The van der Waals surface area contributed by atoms with E-state index in [4.69, 9.17) is 0 Å². The Morgan fingerprint density at radius 3 is 2.31 bits per heavy atom. The summed E-state index contributed by atoms with van der Waals surface area (Å²) in [6.45, 7) is 7.55. The summed E-state index contributed by atoms with van der Waals surface area (Å²) in [4.78, 5) is 13.1. The molecule has 0 saturated carbocycles. The minimum absolute atomic E-state index is 0.147. The molecule has 0 aliphatic rings. The summed E-state index contributed by atoms with van der Waals surface area (Å²) in [7, 11) is -3.64. The first-order chi connectivity index (χ1) is 12.5. The first-order valence-corrected chi connectivity index (χ1v) is 10.1. The smallest absolute Gasteiger partial charge is 0.248 e. The maximum atomic E-state index is 12.6. The number of carbonyl (C=O) groups is 1. The van der Waals surface area contributed by atoms with Crippen molar-refractivity contribution in [2.24, 2.45) is 0 Å². The molecule has 1 aromatic carbocycles. The Bertz CT molecular complexity index is 873. The van der Waals surface area contributed by atoms with E-state index >= 15 is 0 Å². The van der Waals surface area contributed by atoms with Crippen molar-refractivity contribution in [2.75, 3.05) is 18.4 Å². The standard InChI is InChI=1S/C19H20N2O3S2/c1-3-13-21(14-4-2)26(23,24)18-10-7-16(8-11-18)20-19(22)12-9-17-6-5-15-25-17/h3-12,15H,1-2,13-14H2,(H,20,22)/b12-9+. The molecule has 0 atom stereocenters. The Hall–Kier alpha value is -2.48. The van der Waals surface area contributed by atoms with E-state index in [1.165, 1.54) is 46.0 Å². The highest BCUT2D eigenvalue weighted by atomic mass is 32.2. The number of hydrogen-bond acceptors (Lipinski definition) is 4. The molecule has 0 aliphatic heterocycles. The normalized spacial score (nSPS) is 11.6. The van der Waals surface area contributed by atoms with Gasteiger partial charge in [-0.05, 0) is 41.8 Å². The van der Waals surface area contributed by atoms with Crippen molar-refractivity contribution < 1.29 is 13.2 Å². The second kappa shape index (κ2) is 9.28. The third kappa shape index (κ3) is 5.26. The molecule has 0 saturated heterocycles. The largest absolute Gasteiger partial charge is 0.323 e. The van der Waals surface area contributed by atoms with Gasteiger partial charge in [-0.25, -0.2) is 8.42 Å². The lowest BCUT2D eigenvalue weighted by Crippen LogP contribution is -2.31. The molecule has 0 aliphatic carbocycles. The number of sulfonamides is 1. The van der Waals surface area contributed by atoms with E-state index < -0.39 is 10.0 Å². The highest BCUT2D eigenvalue weighted by Gasteiger charge is 2.22. The summed E-state index contributed by atoms with van der Waals surface area (Å²) in [5.41, 5.74) is 0.517. The van der Waals surface area contributed by atoms with E-state index in [0.29, 0.717) is 5.69 Å². The molecule has 0 radical (unpaired) electrons. The average molecular weight is 389 g/mol. The van der Waals surface area contributed by atoms with Crippen molar-refractivity contribution in [3.05, 3.63) is 78.0 Å². The number of benzene rings is 1. The number of anilines is 1. The van der Waals surface area contributed by atoms with Crippen molar-refractivity contribution in [3.63, 3.8) is 0 Å². The predicted molar refractivity (Wildman–Crippen MR) is 108 cm³/mol. The lowest BCUT2D eigenvalue weighted by Gasteiger charge is -2.19. The van der Waals surface area contributed by atoms with Gasteiger partial charge in [0.15, 0.2) is 0 Å². The molecule has 0 spiro atoms. The molecule has 0 unspecified atom stereocenters. The quantitative estimate of drug-likeness (QED) is 0.525. The second-order valence-corrected chi connectivity index (χ2v) is 8.18. The van der Waals surface area contributed by atoms with Crippen LogP contribution in [0.4, 0.5) is 5.69 Å². The van der Waals surface area contributed by atoms with Gasteiger partial charge in [-0.15, -0.1) is 24.5 Å². The lowest BCUT2D eigenvalue weighted by atomic mass is 10.3. The monoisotopic (exact) mass is 388 g/mol. The van der Waals surface area contributed by atoms with Gasteiger partial charge >= 0.3 is 0 Å². The Kier molecular flexibility index (Phi) is 7.08. The van der Waals surface area contributed by atoms with E-state index in [-0.39, 0.29) is 23.9 Å². The summed E-state index contributed by atoms with van der Waals surface area (Å²) in [5.74, 6) is -0.283. The highest BCUT2D eigenvalue weighted by molar-refractivity contribution is 7.89. The molecule has 26 heavy (non-hydrogen) atoms.